The van der Waals surface area contributed by atoms with Crippen LogP contribution < -0.4 is 10.6 Å². The van der Waals surface area contributed by atoms with Crippen molar-refractivity contribution in [1.29, 1.82) is 0 Å². The number of rotatable bonds is 6. The van der Waals surface area contributed by atoms with Crippen molar-refractivity contribution in [3.05, 3.63) is 30.2 Å². The molecule has 0 aliphatic heterocycles. The summed E-state index contributed by atoms with van der Waals surface area (Å²) in [7, 11) is 0. The number of anilines is 1. The minimum atomic E-state index is 0.490. The molecule has 18 heavy (non-hydrogen) atoms. The molecular weight excluding hydrogens is 224 g/mol. The van der Waals surface area contributed by atoms with Gasteiger partial charge in [0.2, 0.25) is 0 Å². The molecule has 0 radical (unpaired) electrons. The average Bonchev–Trinajstić information content (AvgIpc) is 2.82. The third-order valence-electron chi connectivity index (χ3n) is 3.22. The van der Waals surface area contributed by atoms with Crippen LogP contribution in [0.3, 0.4) is 0 Å². The van der Waals surface area contributed by atoms with Crippen LogP contribution in [0.15, 0.2) is 24.5 Å². The van der Waals surface area contributed by atoms with Gasteiger partial charge in [0.15, 0.2) is 0 Å². The maximum absolute atomic E-state index is 5.62. The zero-order valence-corrected chi connectivity index (χ0v) is 11.3. The Kier molecular flexibility index (Phi) is 4.20. The van der Waals surface area contributed by atoms with E-state index >= 15 is 0 Å². The summed E-state index contributed by atoms with van der Waals surface area (Å²) in [5.41, 5.74) is 8.76. The zero-order valence-electron chi connectivity index (χ0n) is 11.3. The summed E-state index contributed by atoms with van der Waals surface area (Å²) in [4.78, 5) is 6.83. The van der Waals surface area contributed by atoms with Gasteiger partial charge in [-0.1, -0.05) is 13.3 Å². The van der Waals surface area contributed by atoms with E-state index in [2.05, 4.69) is 46.5 Å². The Bertz CT molecular complexity index is 503. The molecule has 2 aromatic heterocycles. The minimum Gasteiger partial charge on any atom is -0.371 e. The summed E-state index contributed by atoms with van der Waals surface area (Å²) < 4.78 is 2.06. The average molecular weight is 246 g/mol. The lowest BCUT2D eigenvalue weighted by molar-refractivity contribution is 0.730. The third kappa shape index (κ3) is 2.64. The van der Waals surface area contributed by atoms with Crippen molar-refractivity contribution in [2.75, 3.05) is 18.0 Å². The number of nitrogens with zero attached hydrogens (tertiary/aromatic N) is 3. The van der Waals surface area contributed by atoms with Gasteiger partial charge in [0.05, 0.1) is 11.4 Å². The first-order valence-electron chi connectivity index (χ1n) is 6.71. The van der Waals surface area contributed by atoms with E-state index in [0.29, 0.717) is 6.54 Å². The number of hydrogen-bond donors (Lipinski definition) is 1. The number of hydrogen-bond acceptors (Lipinski definition) is 3. The van der Waals surface area contributed by atoms with E-state index in [1.54, 1.807) is 0 Å². The van der Waals surface area contributed by atoms with Gasteiger partial charge in [-0.25, -0.2) is 4.98 Å². The molecule has 2 N–H and O–H groups in total. The van der Waals surface area contributed by atoms with Crippen LogP contribution in [0.25, 0.3) is 5.65 Å². The first-order valence-corrected chi connectivity index (χ1v) is 6.71. The van der Waals surface area contributed by atoms with Gasteiger partial charge < -0.3 is 15.0 Å². The zero-order chi connectivity index (χ0) is 13.0. The Hall–Kier alpha value is -1.55. The summed E-state index contributed by atoms with van der Waals surface area (Å²) in [6.07, 6.45) is 6.60. The van der Waals surface area contributed by atoms with Crippen LogP contribution in [-0.2, 0) is 6.54 Å². The number of fused-ring (bicyclic) bond motifs is 1. The fourth-order valence-corrected chi connectivity index (χ4v) is 2.14. The molecule has 0 saturated carbocycles. The summed E-state index contributed by atoms with van der Waals surface area (Å²) in [6, 6.07) is 4.20. The molecule has 0 amide bonds. The molecule has 0 bridgehead atoms. The van der Waals surface area contributed by atoms with Crippen LogP contribution >= 0.6 is 0 Å². The quantitative estimate of drug-likeness (QED) is 0.851. The van der Waals surface area contributed by atoms with Crippen LogP contribution in [0.4, 0.5) is 5.69 Å². The van der Waals surface area contributed by atoms with Gasteiger partial charge in [0, 0.05) is 32.0 Å². The van der Waals surface area contributed by atoms with E-state index in [1.165, 1.54) is 18.5 Å². The second-order valence-electron chi connectivity index (χ2n) is 4.52. The highest BCUT2D eigenvalue weighted by molar-refractivity contribution is 5.52. The van der Waals surface area contributed by atoms with Crippen molar-refractivity contribution in [1.82, 2.24) is 9.38 Å². The summed E-state index contributed by atoms with van der Waals surface area (Å²) >= 11 is 0. The SMILES string of the molecule is CCCCN(CC)c1ccc2nc(CN)cn2c1. The predicted octanol–water partition coefficient (Wildman–Crippen LogP) is 2.42. The maximum Gasteiger partial charge on any atom is 0.137 e. The Labute approximate surface area is 108 Å². The molecule has 0 spiro atoms. The smallest absolute Gasteiger partial charge is 0.137 e. The summed E-state index contributed by atoms with van der Waals surface area (Å²) in [6.45, 7) is 7.05. The first-order chi connectivity index (χ1) is 8.78. The summed E-state index contributed by atoms with van der Waals surface area (Å²) in [5, 5.41) is 0. The van der Waals surface area contributed by atoms with E-state index in [4.69, 9.17) is 5.73 Å². The normalized spacial score (nSPS) is 11.1. The number of imidazole rings is 1. The molecule has 0 aliphatic carbocycles. The fourth-order valence-electron chi connectivity index (χ4n) is 2.14. The van der Waals surface area contributed by atoms with Gasteiger partial charge in [-0.3, -0.25) is 0 Å². The topological polar surface area (TPSA) is 46.6 Å². The van der Waals surface area contributed by atoms with Crippen LogP contribution in [0.5, 0.6) is 0 Å². The lowest BCUT2D eigenvalue weighted by Gasteiger charge is -2.22. The van der Waals surface area contributed by atoms with E-state index in [-0.39, 0.29) is 0 Å². The lowest BCUT2D eigenvalue weighted by atomic mass is 10.3. The Morgan fingerprint density at radius 1 is 1.28 bits per heavy atom. The molecule has 2 rings (SSSR count). The van der Waals surface area contributed by atoms with E-state index in [0.717, 1.165) is 24.4 Å². The molecule has 0 fully saturated rings. The predicted molar refractivity (Wildman–Crippen MR) is 75.9 cm³/mol. The van der Waals surface area contributed by atoms with Crippen LogP contribution in [0.1, 0.15) is 32.4 Å². The van der Waals surface area contributed by atoms with Crippen LogP contribution in [-0.4, -0.2) is 22.5 Å². The van der Waals surface area contributed by atoms with Crippen molar-refractivity contribution < 1.29 is 0 Å². The molecule has 4 nitrogen and oxygen atoms in total. The van der Waals surface area contributed by atoms with Crippen molar-refractivity contribution in [3.63, 3.8) is 0 Å². The summed E-state index contributed by atoms with van der Waals surface area (Å²) in [5.74, 6) is 0. The largest absolute Gasteiger partial charge is 0.371 e. The number of nitrogens with two attached hydrogens (primary N) is 1. The fraction of sp³-hybridized carbons (Fsp3) is 0.500. The van der Waals surface area contributed by atoms with Gasteiger partial charge in [-0.15, -0.1) is 0 Å². The monoisotopic (exact) mass is 246 g/mol. The van der Waals surface area contributed by atoms with E-state index in [1.807, 2.05) is 6.20 Å². The highest BCUT2D eigenvalue weighted by Crippen LogP contribution is 2.16. The van der Waals surface area contributed by atoms with Gasteiger partial charge in [-0.2, -0.15) is 0 Å². The first kappa shape index (κ1) is 12.9. The van der Waals surface area contributed by atoms with Gasteiger partial charge >= 0.3 is 0 Å². The maximum atomic E-state index is 5.62. The Morgan fingerprint density at radius 2 is 2.11 bits per heavy atom. The highest BCUT2D eigenvalue weighted by Gasteiger charge is 2.06. The van der Waals surface area contributed by atoms with Gasteiger partial charge in [0.1, 0.15) is 5.65 Å². The second-order valence-corrected chi connectivity index (χ2v) is 4.52. The molecular formula is C14H22N4. The molecule has 2 aromatic rings. The molecule has 2 heterocycles. The van der Waals surface area contributed by atoms with Crippen LogP contribution in [0, 0.1) is 0 Å². The number of aromatic nitrogens is 2. The highest BCUT2D eigenvalue weighted by atomic mass is 15.1. The lowest BCUT2D eigenvalue weighted by Crippen LogP contribution is -2.23. The number of pyridine rings is 1. The molecule has 0 atom stereocenters. The number of unbranched alkanes of at least 4 members (excludes halogenated alkanes) is 1. The van der Waals surface area contributed by atoms with Crippen LogP contribution in [0.2, 0.25) is 0 Å². The Morgan fingerprint density at radius 3 is 2.78 bits per heavy atom. The molecule has 4 heteroatoms. The van der Waals surface area contributed by atoms with Gasteiger partial charge in [-0.05, 0) is 25.5 Å². The second kappa shape index (κ2) is 5.87. The van der Waals surface area contributed by atoms with Crippen molar-refractivity contribution in [3.8, 4) is 0 Å². The standard InChI is InChI=1S/C14H22N4/c1-3-5-8-17(4-2)13-6-7-14-16-12(9-15)10-18(14)11-13/h6-7,10-11H,3-5,8-9,15H2,1-2H3. The molecule has 0 saturated heterocycles. The molecule has 0 aliphatic rings. The van der Waals surface area contributed by atoms with Crippen molar-refractivity contribution >= 4 is 11.3 Å². The van der Waals surface area contributed by atoms with Gasteiger partial charge in [0.25, 0.3) is 0 Å². The van der Waals surface area contributed by atoms with Crippen molar-refractivity contribution in [2.45, 2.75) is 33.2 Å². The minimum absolute atomic E-state index is 0.490. The molecule has 0 unspecified atom stereocenters. The molecule has 0 aromatic carbocycles. The molecule has 98 valence electrons. The third-order valence-corrected chi connectivity index (χ3v) is 3.22. The van der Waals surface area contributed by atoms with Crippen molar-refractivity contribution in [2.24, 2.45) is 5.73 Å². The van der Waals surface area contributed by atoms with E-state index < -0.39 is 0 Å². The Balaban J connectivity index is 2.26. The van der Waals surface area contributed by atoms with E-state index in [9.17, 15) is 0 Å².